The van der Waals surface area contributed by atoms with Gasteiger partial charge in [0, 0.05) is 0 Å². The zero-order valence-corrected chi connectivity index (χ0v) is 12.4. The molecule has 1 aromatic rings. The van der Waals surface area contributed by atoms with Crippen molar-refractivity contribution < 1.29 is 37.3 Å². The van der Waals surface area contributed by atoms with Crippen LogP contribution in [-0.2, 0) is 25.7 Å². The molecule has 1 aromatic carbocycles. The molecule has 2 rings (SSSR count). The summed E-state index contributed by atoms with van der Waals surface area (Å²) in [6.07, 6.45) is 0.0199. The van der Waals surface area contributed by atoms with E-state index in [4.69, 9.17) is 4.74 Å². The first kappa shape index (κ1) is 17.1. The predicted octanol–water partition coefficient (Wildman–Crippen LogP) is -3.51. The standard InChI is InChI=1S/C14H16N2O4.ClH/c1-9(15)13(18)16-11(7-12(16)17)14(19)20-8-10-5-3-2-4-6-10;/h2-6,9,11H,7-8,15H2,1H3;1H/t9-,11-;/m0./s1. The molecule has 21 heavy (non-hydrogen) atoms. The summed E-state index contributed by atoms with van der Waals surface area (Å²) in [6, 6.07) is 7.85. The van der Waals surface area contributed by atoms with E-state index >= 15 is 0 Å². The molecule has 0 bridgehead atoms. The molecule has 0 radical (unpaired) electrons. The van der Waals surface area contributed by atoms with Crippen LogP contribution in [0.25, 0.3) is 0 Å². The van der Waals surface area contributed by atoms with Gasteiger partial charge >= 0.3 is 5.97 Å². The molecule has 0 spiro atoms. The van der Waals surface area contributed by atoms with Crippen LogP contribution in [0.2, 0.25) is 0 Å². The lowest BCUT2D eigenvalue weighted by atomic mass is 10.0. The van der Waals surface area contributed by atoms with Crippen LogP contribution in [0.1, 0.15) is 18.9 Å². The number of β-lactam (4-membered cyclic amide) rings is 1. The third-order valence-electron chi connectivity index (χ3n) is 3.10. The summed E-state index contributed by atoms with van der Waals surface area (Å²) < 4.78 is 5.14. The molecular formula is C14H17ClN2O4. The second-order valence-electron chi connectivity index (χ2n) is 4.82. The Morgan fingerprint density at radius 3 is 2.52 bits per heavy atom. The smallest absolute Gasteiger partial charge is 0.330 e. The van der Waals surface area contributed by atoms with E-state index in [1.54, 1.807) is 6.92 Å². The molecule has 0 aromatic heterocycles. The summed E-state index contributed by atoms with van der Waals surface area (Å²) in [6.45, 7) is 1.71. The number of esters is 1. The Hall–Kier alpha value is -1.92. The Morgan fingerprint density at radius 1 is 1.38 bits per heavy atom. The van der Waals surface area contributed by atoms with Gasteiger partial charge in [-0.1, -0.05) is 30.3 Å². The van der Waals surface area contributed by atoms with Crippen LogP contribution in [0.5, 0.6) is 0 Å². The Morgan fingerprint density at radius 2 is 2.00 bits per heavy atom. The summed E-state index contributed by atoms with van der Waals surface area (Å²) in [7, 11) is 0. The molecule has 2 amide bonds. The van der Waals surface area contributed by atoms with Gasteiger partial charge in [0.05, 0.1) is 6.42 Å². The second-order valence-corrected chi connectivity index (χ2v) is 4.82. The van der Waals surface area contributed by atoms with Crippen LogP contribution in [0, 0.1) is 0 Å². The lowest BCUT2D eigenvalue weighted by Crippen LogP contribution is -3.00. The van der Waals surface area contributed by atoms with Gasteiger partial charge in [-0.15, -0.1) is 0 Å². The zero-order valence-electron chi connectivity index (χ0n) is 11.6. The molecule has 7 heteroatoms. The summed E-state index contributed by atoms with van der Waals surface area (Å²) in [5.74, 6) is -1.35. The van der Waals surface area contributed by atoms with Crippen molar-refractivity contribution in [3.63, 3.8) is 0 Å². The number of rotatable bonds is 4. The third kappa shape index (κ3) is 3.80. The van der Waals surface area contributed by atoms with Gasteiger partial charge in [-0.05, 0) is 12.5 Å². The number of likely N-dealkylation sites (tertiary alicyclic amines) is 1. The van der Waals surface area contributed by atoms with Gasteiger partial charge in [0.2, 0.25) is 5.91 Å². The topological polar surface area (TPSA) is 91.3 Å². The molecule has 2 atom stereocenters. The minimum absolute atomic E-state index is 0. The molecule has 3 N–H and O–H groups in total. The molecule has 114 valence electrons. The van der Waals surface area contributed by atoms with Crippen molar-refractivity contribution in [2.75, 3.05) is 0 Å². The van der Waals surface area contributed by atoms with E-state index < -0.39 is 24.0 Å². The van der Waals surface area contributed by atoms with Crippen molar-refractivity contribution in [2.45, 2.75) is 32.0 Å². The highest BCUT2D eigenvalue weighted by Crippen LogP contribution is 2.21. The first-order valence-corrected chi connectivity index (χ1v) is 6.40. The fraction of sp³-hybridized carbons (Fsp3) is 0.357. The second kappa shape index (κ2) is 7.19. The van der Waals surface area contributed by atoms with Crippen molar-refractivity contribution in [3.05, 3.63) is 35.9 Å². The number of amides is 2. The Labute approximate surface area is 128 Å². The van der Waals surface area contributed by atoms with Crippen molar-refractivity contribution in [1.82, 2.24) is 4.90 Å². The molecule has 1 aliphatic heterocycles. The van der Waals surface area contributed by atoms with Crippen LogP contribution >= 0.6 is 0 Å². The van der Waals surface area contributed by atoms with Crippen molar-refractivity contribution in [2.24, 2.45) is 0 Å². The lowest BCUT2D eigenvalue weighted by molar-refractivity contribution is -0.400. The SMILES string of the molecule is C[C@H]([NH3+])C(=O)N1C(=O)C[C@H]1C(=O)OCc1ccccc1.[Cl-]. The maximum absolute atomic E-state index is 11.9. The molecule has 0 unspecified atom stereocenters. The van der Waals surface area contributed by atoms with E-state index in [-0.39, 0.29) is 31.3 Å². The molecule has 1 fully saturated rings. The van der Waals surface area contributed by atoms with Gasteiger partial charge in [0.25, 0.3) is 5.91 Å². The Kier molecular flexibility index (Phi) is 5.87. The van der Waals surface area contributed by atoms with Gasteiger partial charge in [0.1, 0.15) is 12.6 Å². The average molecular weight is 313 g/mol. The fourth-order valence-electron chi connectivity index (χ4n) is 1.94. The molecular weight excluding hydrogens is 296 g/mol. The number of quaternary nitrogens is 1. The first-order chi connectivity index (χ1) is 9.50. The molecule has 0 aliphatic carbocycles. The number of carbonyl (C=O) groups is 3. The third-order valence-corrected chi connectivity index (χ3v) is 3.10. The number of hydrogen-bond acceptors (Lipinski definition) is 4. The minimum Gasteiger partial charge on any atom is -1.00 e. The molecule has 6 nitrogen and oxygen atoms in total. The van der Waals surface area contributed by atoms with Crippen LogP contribution < -0.4 is 18.1 Å². The maximum atomic E-state index is 11.9. The molecule has 1 aliphatic rings. The van der Waals surface area contributed by atoms with E-state index in [0.29, 0.717) is 0 Å². The Balaban J connectivity index is 0.00000220. The average Bonchev–Trinajstić information content (AvgIpc) is 2.43. The van der Waals surface area contributed by atoms with Crippen molar-refractivity contribution in [3.8, 4) is 0 Å². The summed E-state index contributed by atoms with van der Waals surface area (Å²) >= 11 is 0. The largest absolute Gasteiger partial charge is 1.00 e. The van der Waals surface area contributed by atoms with Gasteiger partial charge in [-0.2, -0.15) is 0 Å². The number of imide groups is 1. The van der Waals surface area contributed by atoms with E-state index in [9.17, 15) is 14.4 Å². The molecule has 0 saturated carbocycles. The van der Waals surface area contributed by atoms with Gasteiger partial charge in [0.15, 0.2) is 6.04 Å². The summed E-state index contributed by atoms with van der Waals surface area (Å²) in [4.78, 5) is 36.0. The van der Waals surface area contributed by atoms with E-state index in [1.807, 2.05) is 30.3 Å². The quantitative estimate of drug-likeness (QED) is 0.461. The summed E-state index contributed by atoms with van der Waals surface area (Å²) in [5, 5.41) is 0. The van der Waals surface area contributed by atoms with Crippen LogP contribution in [0.3, 0.4) is 0 Å². The molecule has 1 saturated heterocycles. The normalized spacial score (nSPS) is 18.3. The maximum Gasteiger partial charge on any atom is 0.330 e. The number of nitrogens with zero attached hydrogens (tertiary/aromatic N) is 1. The zero-order chi connectivity index (χ0) is 14.7. The number of halogens is 1. The number of ether oxygens (including phenoxy) is 1. The van der Waals surface area contributed by atoms with Crippen LogP contribution in [-0.4, -0.2) is 34.8 Å². The predicted molar refractivity (Wildman–Crippen MR) is 68.8 cm³/mol. The summed E-state index contributed by atoms with van der Waals surface area (Å²) in [5.41, 5.74) is 4.42. The highest BCUT2D eigenvalue weighted by Gasteiger charge is 2.47. The van der Waals surface area contributed by atoms with E-state index in [0.717, 1.165) is 10.5 Å². The lowest BCUT2D eigenvalue weighted by Gasteiger charge is -2.36. The Bertz CT molecular complexity index is 533. The van der Waals surface area contributed by atoms with Gasteiger partial charge < -0.3 is 22.9 Å². The van der Waals surface area contributed by atoms with E-state index in [2.05, 4.69) is 5.73 Å². The first-order valence-electron chi connectivity index (χ1n) is 6.40. The highest BCUT2D eigenvalue weighted by molar-refractivity contribution is 6.07. The van der Waals surface area contributed by atoms with Crippen LogP contribution in [0.4, 0.5) is 0 Å². The monoisotopic (exact) mass is 312 g/mol. The highest BCUT2D eigenvalue weighted by atomic mass is 35.5. The van der Waals surface area contributed by atoms with Crippen molar-refractivity contribution in [1.29, 1.82) is 0 Å². The van der Waals surface area contributed by atoms with Gasteiger partial charge in [-0.3, -0.25) is 14.5 Å². The number of benzene rings is 1. The molecule has 1 heterocycles. The van der Waals surface area contributed by atoms with Crippen molar-refractivity contribution >= 4 is 17.8 Å². The number of carbonyl (C=O) groups excluding carboxylic acids is 3. The van der Waals surface area contributed by atoms with E-state index in [1.165, 1.54) is 0 Å². The van der Waals surface area contributed by atoms with Crippen LogP contribution in [0.15, 0.2) is 30.3 Å². The van der Waals surface area contributed by atoms with Gasteiger partial charge in [-0.25, -0.2) is 4.79 Å². The fourth-order valence-corrected chi connectivity index (χ4v) is 1.94. The number of hydrogen-bond donors (Lipinski definition) is 1. The minimum atomic E-state index is -0.803.